The Hall–Kier alpha value is -2.04. The molecule has 0 fully saturated rings. The number of nitrogens with zero attached hydrogens (tertiary/aromatic N) is 1. The Balaban J connectivity index is 2.41. The van der Waals surface area contributed by atoms with Gasteiger partial charge in [-0.2, -0.15) is 0 Å². The second kappa shape index (κ2) is 3.84. The Kier molecular flexibility index (Phi) is 2.52. The van der Waals surface area contributed by atoms with Crippen LogP contribution < -0.4 is 9.47 Å². The number of nitro groups is 1. The topological polar surface area (TPSA) is 61.6 Å². The van der Waals surface area contributed by atoms with Crippen molar-refractivity contribution >= 4 is 6.08 Å². The molecule has 0 saturated carbocycles. The largest absolute Gasteiger partial charge is 0.454 e. The maximum atomic E-state index is 10.5. The fraction of sp³-hybridized carbons (Fsp3) is 0.273. The summed E-state index contributed by atoms with van der Waals surface area (Å²) in [4.78, 5) is 10.1. The van der Waals surface area contributed by atoms with Gasteiger partial charge in [-0.1, -0.05) is 0 Å². The van der Waals surface area contributed by atoms with Gasteiger partial charge in [0.15, 0.2) is 11.5 Å². The van der Waals surface area contributed by atoms with Crippen molar-refractivity contribution in [2.75, 3.05) is 6.79 Å². The maximum absolute atomic E-state index is 10.5. The molecule has 1 aromatic carbocycles. The molecule has 0 radical (unpaired) electrons. The van der Waals surface area contributed by atoms with Crippen molar-refractivity contribution in [1.82, 2.24) is 0 Å². The number of aryl methyl sites for hydroxylation is 1. The van der Waals surface area contributed by atoms with Crippen molar-refractivity contribution in [3.63, 3.8) is 0 Å². The van der Waals surface area contributed by atoms with Crippen molar-refractivity contribution < 1.29 is 14.4 Å². The van der Waals surface area contributed by atoms with E-state index in [1.54, 1.807) is 6.07 Å². The molecule has 5 heteroatoms. The van der Waals surface area contributed by atoms with Crippen LogP contribution in [0.25, 0.3) is 6.08 Å². The highest BCUT2D eigenvalue weighted by Gasteiger charge is 2.17. The number of fused-ring (bicyclic) bond motifs is 1. The van der Waals surface area contributed by atoms with Crippen molar-refractivity contribution in [2.24, 2.45) is 0 Å². The van der Waals surface area contributed by atoms with Gasteiger partial charge in [0.2, 0.25) is 12.5 Å². The second-order valence-electron chi connectivity index (χ2n) is 3.61. The van der Waals surface area contributed by atoms with Gasteiger partial charge < -0.3 is 9.47 Å². The van der Waals surface area contributed by atoms with Gasteiger partial charge in [-0.05, 0) is 30.2 Å². The van der Waals surface area contributed by atoms with E-state index < -0.39 is 4.92 Å². The number of rotatable bonds is 2. The zero-order valence-electron chi connectivity index (χ0n) is 9.02. The Labute approximate surface area is 92.4 Å². The molecule has 84 valence electrons. The molecule has 5 nitrogen and oxygen atoms in total. The SMILES string of the molecule is C/C(=C\c1cc(C)c2c(c1)OCO2)[N+](=O)[O-]. The lowest BCUT2D eigenvalue weighted by Crippen LogP contribution is -1.93. The summed E-state index contributed by atoms with van der Waals surface area (Å²) in [5.74, 6) is 1.36. The molecule has 0 aliphatic carbocycles. The highest BCUT2D eigenvalue weighted by atomic mass is 16.7. The van der Waals surface area contributed by atoms with E-state index in [1.165, 1.54) is 13.0 Å². The fourth-order valence-corrected chi connectivity index (χ4v) is 1.59. The molecular weight excluding hydrogens is 210 g/mol. The first-order valence-corrected chi connectivity index (χ1v) is 4.81. The van der Waals surface area contributed by atoms with Crippen LogP contribution in [0.4, 0.5) is 0 Å². The molecule has 16 heavy (non-hydrogen) atoms. The minimum absolute atomic E-state index is 0.0956. The average Bonchev–Trinajstić information content (AvgIpc) is 2.65. The molecule has 0 atom stereocenters. The maximum Gasteiger partial charge on any atom is 0.243 e. The molecule has 2 rings (SSSR count). The Morgan fingerprint density at radius 2 is 2.25 bits per heavy atom. The lowest BCUT2D eigenvalue weighted by Gasteiger charge is -2.02. The first-order chi connectivity index (χ1) is 7.58. The van der Waals surface area contributed by atoms with E-state index in [0.717, 1.165) is 16.9 Å². The molecule has 1 heterocycles. The summed E-state index contributed by atoms with van der Waals surface area (Å²) in [5.41, 5.74) is 1.76. The summed E-state index contributed by atoms with van der Waals surface area (Å²) >= 11 is 0. The van der Waals surface area contributed by atoms with Crippen LogP contribution in [0.1, 0.15) is 18.1 Å². The van der Waals surface area contributed by atoms with Gasteiger partial charge >= 0.3 is 0 Å². The molecule has 1 aliphatic rings. The minimum Gasteiger partial charge on any atom is -0.454 e. The first-order valence-electron chi connectivity index (χ1n) is 4.81. The van der Waals surface area contributed by atoms with Gasteiger partial charge in [0.1, 0.15) is 0 Å². The van der Waals surface area contributed by atoms with Gasteiger partial charge in [0.25, 0.3) is 0 Å². The van der Waals surface area contributed by atoms with E-state index in [0.29, 0.717) is 5.75 Å². The summed E-state index contributed by atoms with van der Waals surface area (Å²) in [7, 11) is 0. The third kappa shape index (κ3) is 1.84. The number of hydrogen-bond donors (Lipinski definition) is 0. The molecule has 0 bridgehead atoms. The summed E-state index contributed by atoms with van der Waals surface area (Å²) in [6, 6.07) is 3.57. The Morgan fingerprint density at radius 3 is 2.94 bits per heavy atom. The van der Waals surface area contributed by atoms with Crippen LogP contribution in [0.15, 0.2) is 17.8 Å². The van der Waals surface area contributed by atoms with Crippen LogP contribution in [0, 0.1) is 17.0 Å². The number of hydrogen-bond acceptors (Lipinski definition) is 4. The van der Waals surface area contributed by atoms with Crippen molar-refractivity contribution in [2.45, 2.75) is 13.8 Å². The molecular formula is C11H11NO4. The van der Waals surface area contributed by atoms with Crippen molar-refractivity contribution in [3.8, 4) is 11.5 Å². The lowest BCUT2D eigenvalue weighted by atomic mass is 10.1. The van der Waals surface area contributed by atoms with E-state index in [4.69, 9.17) is 9.47 Å². The highest BCUT2D eigenvalue weighted by Crippen LogP contribution is 2.36. The number of benzene rings is 1. The summed E-state index contributed by atoms with van der Waals surface area (Å²) in [6.07, 6.45) is 1.51. The zero-order chi connectivity index (χ0) is 11.7. The van der Waals surface area contributed by atoms with E-state index in [1.807, 2.05) is 13.0 Å². The number of ether oxygens (including phenoxy) is 2. The Morgan fingerprint density at radius 1 is 1.50 bits per heavy atom. The zero-order valence-corrected chi connectivity index (χ0v) is 9.02. The van der Waals surface area contributed by atoms with Gasteiger partial charge in [0, 0.05) is 13.0 Å². The molecule has 1 aromatic rings. The molecule has 1 aliphatic heterocycles. The van der Waals surface area contributed by atoms with E-state index in [2.05, 4.69) is 0 Å². The monoisotopic (exact) mass is 221 g/mol. The van der Waals surface area contributed by atoms with Crippen LogP contribution in [-0.2, 0) is 0 Å². The molecule has 0 amide bonds. The summed E-state index contributed by atoms with van der Waals surface area (Å²) in [5, 5.41) is 10.5. The summed E-state index contributed by atoms with van der Waals surface area (Å²) < 4.78 is 10.5. The highest BCUT2D eigenvalue weighted by molar-refractivity contribution is 5.60. The van der Waals surface area contributed by atoms with Crippen LogP contribution in [-0.4, -0.2) is 11.7 Å². The van der Waals surface area contributed by atoms with Gasteiger partial charge in [-0.25, -0.2) is 0 Å². The number of allylic oxidation sites excluding steroid dienone is 1. The minimum atomic E-state index is -0.417. The molecule has 0 unspecified atom stereocenters. The summed E-state index contributed by atoms with van der Waals surface area (Å²) in [6.45, 7) is 3.55. The predicted molar refractivity (Wildman–Crippen MR) is 57.9 cm³/mol. The van der Waals surface area contributed by atoms with Gasteiger partial charge in [-0.3, -0.25) is 10.1 Å². The fourth-order valence-electron chi connectivity index (χ4n) is 1.59. The third-order valence-corrected chi connectivity index (χ3v) is 2.34. The van der Waals surface area contributed by atoms with Crippen molar-refractivity contribution in [1.29, 1.82) is 0 Å². The lowest BCUT2D eigenvalue weighted by molar-refractivity contribution is -0.422. The van der Waals surface area contributed by atoms with Crippen LogP contribution in [0.5, 0.6) is 11.5 Å². The van der Waals surface area contributed by atoms with Crippen molar-refractivity contribution in [3.05, 3.63) is 39.1 Å². The van der Waals surface area contributed by atoms with E-state index in [-0.39, 0.29) is 12.5 Å². The average molecular weight is 221 g/mol. The van der Waals surface area contributed by atoms with Crippen LogP contribution in [0.3, 0.4) is 0 Å². The third-order valence-electron chi connectivity index (χ3n) is 2.34. The van der Waals surface area contributed by atoms with Gasteiger partial charge in [0.05, 0.1) is 4.92 Å². The smallest absolute Gasteiger partial charge is 0.243 e. The quantitative estimate of drug-likeness (QED) is 0.568. The van der Waals surface area contributed by atoms with Crippen LogP contribution >= 0.6 is 0 Å². The molecule has 0 spiro atoms. The van der Waals surface area contributed by atoms with Gasteiger partial charge in [-0.15, -0.1) is 0 Å². The standard InChI is InChI=1S/C11H11NO4/c1-7-3-9(4-8(2)12(13)14)5-10-11(7)16-6-15-10/h3-5H,6H2,1-2H3/b8-4+. The molecule has 0 aromatic heterocycles. The van der Waals surface area contributed by atoms with Crippen LogP contribution in [0.2, 0.25) is 0 Å². The second-order valence-corrected chi connectivity index (χ2v) is 3.61. The Bertz CT molecular complexity index is 479. The molecule has 0 saturated heterocycles. The normalized spacial score (nSPS) is 14.0. The van der Waals surface area contributed by atoms with E-state index in [9.17, 15) is 10.1 Å². The predicted octanol–water partition coefficient (Wildman–Crippen LogP) is 2.36. The first kappa shape index (κ1) is 10.5. The van der Waals surface area contributed by atoms with E-state index >= 15 is 0 Å². The molecule has 0 N–H and O–H groups in total.